The third kappa shape index (κ3) is 3.61. The van der Waals surface area contributed by atoms with Crippen molar-refractivity contribution < 1.29 is 9.59 Å². The molecule has 0 heterocycles. The van der Waals surface area contributed by atoms with Crippen molar-refractivity contribution in [2.45, 2.75) is 0 Å². The second kappa shape index (κ2) is 6.41. The Morgan fingerprint density at radius 2 is 1.71 bits per heavy atom. The summed E-state index contributed by atoms with van der Waals surface area (Å²) in [7, 11) is 1.56. The summed E-state index contributed by atoms with van der Waals surface area (Å²) in [6.07, 6.45) is 0. The first-order chi connectivity index (χ1) is 10.0. The first-order valence-electron chi connectivity index (χ1n) is 6.20. The summed E-state index contributed by atoms with van der Waals surface area (Å²) in [5.74, 6) is -0.451. The Hall–Kier alpha value is -2.34. The van der Waals surface area contributed by atoms with Gasteiger partial charge in [-0.15, -0.1) is 0 Å². The number of carbonyl (C=O) groups excluding carboxylic acids is 2. The number of nitrogen functional groups attached to an aromatic ring is 1. The number of nitrogens with two attached hydrogens (primary N) is 1. The Kier molecular flexibility index (Phi) is 4.59. The molecule has 0 aliphatic rings. The summed E-state index contributed by atoms with van der Waals surface area (Å²) < 4.78 is 0.663. The molecule has 4 N–H and O–H groups in total. The van der Waals surface area contributed by atoms with E-state index in [9.17, 15) is 9.59 Å². The van der Waals surface area contributed by atoms with E-state index in [-0.39, 0.29) is 11.8 Å². The highest BCUT2D eigenvalue weighted by Gasteiger charge is 2.11. The molecule has 0 spiro atoms. The highest BCUT2D eigenvalue weighted by Crippen LogP contribution is 2.21. The number of amides is 2. The predicted octanol–water partition coefficient (Wildman–Crippen LogP) is 2.64. The lowest BCUT2D eigenvalue weighted by Gasteiger charge is -2.08. The summed E-state index contributed by atoms with van der Waals surface area (Å²) >= 11 is 3.32. The normalized spacial score (nSPS) is 10.0. The molecule has 0 unspecified atom stereocenters. The summed E-state index contributed by atoms with van der Waals surface area (Å²) in [5.41, 5.74) is 7.77. The molecule has 2 amide bonds. The van der Waals surface area contributed by atoms with Crippen molar-refractivity contribution in [2.24, 2.45) is 0 Å². The zero-order valence-corrected chi connectivity index (χ0v) is 12.9. The predicted molar refractivity (Wildman–Crippen MR) is 86.3 cm³/mol. The number of hydrogen-bond donors (Lipinski definition) is 3. The fraction of sp³-hybridized carbons (Fsp3) is 0.0667. The van der Waals surface area contributed by atoms with E-state index in [4.69, 9.17) is 5.73 Å². The van der Waals surface area contributed by atoms with Crippen LogP contribution in [0.15, 0.2) is 46.9 Å². The highest BCUT2D eigenvalue weighted by atomic mass is 79.9. The van der Waals surface area contributed by atoms with Crippen LogP contribution in [0.4, 0.5) is 11.4 Å². The van der Waals surface area contributed by atoms with Crippen LogP contribution < -0.4 is 16.4 Å². The summed E-state index contributed by atoms with van der Waals surface area (Å²) in [6, 6.07) is 11.6. The van der Waals surface area contributed by atoms with Crippen molar-refractivity contribution >= 4 is 39.1 Å². The van der Waals surface area contributed by atoms with Crippen molar-refractivity contribution in [2.75, 3.05) is 18.1 Å². The molecule has 2 aromatic carbocycles. The molecule has 0 aliphatic carbocycles. The minimum absolute atomic E-state index is 0.175. The third-order valence-corrected chi connectivity index (χ3v) is 3.56. The number of nitrogens with one attached hydrogen (secondary N) is 2. The lowest BCUT2D eigenvalue weighted by atomic mass is 10.1. The SMILES string of the molecule is CNC(=O)c1ccc(NC(=O)c2cc(N)ccc2Br)cc1. The average Bonchev–Trinajstić information content (AvgIpc) is 2.49. The zero-order chi connectivity index (χ0) is 15.4. The molecule has 0 radical (unpaired) electrons. The first kappa shape index (κ1) is 15.1. The van der Waals surface area contributed by atoms with Gasteiger partial charge in [0.15, 0.2) is 0 Å². The van der Waals surface area contributed by atoms with Gasteiger partial charge in [-0.05, 0) is 58.4 Å². The third-order valence-electron chi connectivity index (χ3n) is 2.87. The minimum atomic E-state index is -0.276. The van der Waals surface area contributed by atoms with Gasteiger partial charge in [-0.3, -0.25) is 9.59 Å². The van der Waals surface area contributed by atoms with Crippen molar-refractivity contribution in [1.29, 1.82) is 0 Å². The van der Waals surface area contributed by atoms with Crippen LogP contribution in [0.2, 0.25) is 0 Å². The maximum atomic E-state index is 12.2. The highest BCUT2D eigenvalue weighted by molar-refractivity contribution is 9.10. The minimum Gasteiger partial charge on any atom is -0.399 e. The average molecular weight is 348 g/mol. The molecule has 0 fully saturated rings. The molecule has 0 saturated carbocycles. The van der Waals surface area contributed by atoms with Crippen LogP contribution in [0.1, 0.15) is 20.7 Å². The van der Waals surface area contributed by atoms with Crippen LogP contribution in [-0.2, 0) is 0 Å². The van der Waals surface area contributed by atoms with Gasteiger partial charge in [0, 0.05) is 28.5 Å². The molecule has 0 aromatic heterocycles. The van der Waals surface area contributed by atoms with E-state index in [0.717, 1.165) is 0 Å². The van der Waals surface area contributed by atoms with Gasteiger partial charge in [0.25, 0.3) is 11.8 Å². The van der Waals surface area contributed by atoms with E-state index in [2.05, 4.69) is 26.6 Å². The molecule has 0 atom stereocenters. The Balaban J connectivity index is 2.16. The van der Waals surface area contributed by atoms with Crippen molar-refractivity contribution in [3.63, 3.8) is 0 Å². The lowest BCUT2D eigenvalue weighted by molar-refractivity contribution is 0.0962. The quantitative estimate of drug-likeness (QED) is 0.746. The number of benzene rings is 2. The fourth-order valence-electron chi connectivity index (χ4n) is 1.76. The van der Waals surface area contributed by atoms with E-state index >= 15 is 0 Å². The van der Waals surface area contributed by atoms with Gasteiger partial charge in [0.05, 0.1) is 5.56 Å². The van der Waals surface area contributed by atoms with Crippen molar-refractivity contribution in [1.82, 2.24) is 5.32 Å². The van der Waals surface area contributed by atoms with Gasteiger partial charge >= 0.3 is 0 Å². The maximum absolute atomic E-state index is 12.2. The van der Waals surface area contributed by atoms with Crippen LogP contribution in [0, 0.1) is 0 Å². The van der Waals surface area contributed by atoms with E-state index in [1.807, 2.05) is 0 Å². The molecule has 0 aliphatic heterocycles. The second-order valence-electron chi connectivity index (χ2n) is 4.35. The van der Waals surface area contributed by atoms with Gasteiger partial charge in [-0.2, -0.15) is 0 Å². The summed E-state index contributed by atoms with van der Waals surface area (Å²) in [4.78, 5) is 23.6. The van der Waals surface area contributed by atoms with Gasteiger partial charge in [0.1, 0.15) is 0 Å². The summed E-state index contributed by atoms with van der Waals surface area (Å²) in [5, 5.41) is 5.29. The standard InChI is InChI=1S/C15H14BrN3O2/c1-18-14(20)9-2-5-11(6-3-9)19-15(21)12-8-10(17)4-7-13(12)16/h2-8H,17H2,1H3,(H,18,20)(H,19,21). The monoisotopic (exact) mass is 347 g/mol. The molecular weight excluding hydrogens is 334 g/mol. The molecular formula is C15H14BrN3O2. The van der Waals surface area contributed by atoms with Crippen LogP contribution in [0.5, 0.6) is 0 Å². The molecule has 0 bridgehead atoms. The van der Waals surface area contributed by atoms with Crippen molar-refractivity contribution in [3.05, 3.63) is 58.1 Å². The fourth-order valence-corrected chi connectivity index (χ4v) is 2.19. The molecule has 5 nitrogen and oxygen atoms in total. The van der Waals surface area contributed by atoms with Gasteiger partial charge in [0.2, 0.25) is 0 Å². The van der Waals surface area contributed by atoms with E-state index < -0.39 is 0 Å². The van der Waals surface area contributed by atoms with E-state index in [0.29, 0.717) is 27.0 Å². The first-order valence-corrected chi connectivity index (χ1v) is 6.99. The van der Waals surface area contributed by atoms with Gasteiger partial charge in [-0.25, -0.2) is 0 Å². The topological polar surface area (TPSA) is 84.2 Å². The van der Waals surface area contributed by atoms with E-state index in [1.165, 1.54) is 0 Å². The van der Waals surface area contributed by atoms with Crippen LogP contribution in [-0.4, -0.2) is 18.9 Å². The number of rotatable bonds is 3. The van der Waals surface area contributed by atoms with Crippen LogP contribution in [0.25, 0.3) is 0 Å². The number of hydrogen-bond acceptors (Lipinski definition) is 3. The maximum Gasteiger partial charge on any atom is 0.256 e. The van der Waals surface area contributed by atoms with E-state index in [1.54, 1.807) is 49.5 Å². The molecule has 108 valence electrons. The van der Waals surface area contributed by atoms with Gasteiger partial charge < -0.3 is 16.4 Å². The largest absolute Gasteiger partial charge is 0.399 e. The zero-order valence-electron chi connectivity index (χ0n) is 11.3. The number of halogens is 1. The van der Waals surface area contributed by atoms with Crippen LogP contribution >= 0.6 is 15.9 Å². The lowest BCUT2D eigenvalue weighted by Crippen LogP contribution is -2.18. The molecule has 21 heavy (non-hydrogen) atoms. The Bertz CT molecular complexity index is 684. The smallest absolute Gasteiger partial charge is 0.256 e. The Labute approximate surface area is 130 Å². The Morgan fingerprint density at radius 3 is 2.33 bits per heavy atom. The molecule has 2 rings (SSSR count). The molecule has 6 heteroatoms. The summed E-state index contributed by atoms with van der Waals surface area (Å²) in [6.45, 7) is 0. The Morgan fingerprint density at radius 1 is 1.05 bits per heavy atom. The van der Waals surface area contributed by atoms with Crippen molar-refractivity contribution in [3.8, 4) is 0 Å². The van der Waals surface area contributed by atoms with Crippen LogP contribution in [0.3, 0.4) is 0 Å². The number of carbonyl (C=O) groups is 2. The number of anilines is 2. The second-order valence-corrected chi connectivity index (χ2v) is 5.20. The van der Waals surface area contributed by atoms with Gasteiger partial charge in [-0.1, -0.05) is 0 Å². The molecule has 0 saturated heterocycles. The molecule has 2 aromatic rings.